The number of carbonyl (C=O) groups excluding carboxylic acids is 1. The van der Waals surface area contributed by atoms with Crippen LogP contribution in [0.5, 0.6) is 0 Å². The number of nitrogens with one attached hydrogen (secondary N) is 2. The molecular weight excluding hydrogens is 260 g/mol. The predicted molar refractivity (Wildman–Crippen MR) is 77.5 cm³/mol. The largest absolute Gasteiger partial charge is 0.352 e. The van der Waals surface area contributed by atoms with Crippen LogP contribution in [-0.4, -0.2) is 28.2 Å². The van der Waals surface area contributed by atoms with E-state index in [1.165, 1.54) is 11.1 Å². The minimum absolute atomic E-state index is 0.0521. The zero-order chi connectivity index (χ0) is 13.8. The van der Waals surface area contributed by atoms with Gasteiger partial charge < -0.3 is 10.6 Å². The lowest BCUT2D eigenvalue weighted by Gasteiger charge is -2.10. The van der Waals surface area contributed by atoms with Crippen molar-refractivity contribution in [1.29, 1.82) is 0 Å². The molecule has 0 spiro atoms. The first-order valence-corrected chi connectivity index (χ1v) is 8.13. The van der Waals surface area contributed by atoms with E-state index in [1.807, 2.05) is 25.1 Å². The maximum atomic E-state index is 12.0. The van der Waals surface area contributed by atoms with Crippen molar-refractivity contribution in [2.45, 2.75) is 31.7 Å². The second kappa shape index (κ2) is 6.30. The van der Waals surface area contributed by atoms with E-state index in [-0.39, 0.29) is 11.2 Å². The summed E-state index contributed by atoms with van der Waals surface area (Å²) in [5.41, 5.74) is 3.18. The first-order valence-electron chi connectivity index (χ1n) is 6.51. The summed E-state index contributed by atoms with van der Waals surface area (Å²) in [7, 11) is -0.829. The molecule has 0 radical (unpaired) electrons. The lowest BCUT2D eigenvalue weighted by molar-refractivity contribution is 0.0953. The van der Waals surface area contributed by atoms with Gasteiger partial charge in [-0.15, -0.1) is 0 Å². The molecular formula is C14H20N2O2S. The number of fused-ring (bicyclic) bond motifs is 1. The average Bonchev–Trinajstić information content (AvgIpc) is 2.85. The molecule has 1 aliphatic heterocycles. The molecule has 1 heterocycles. The highest BCUT2D eigenvalue weighted by atomic mass is 32.2. The van der Waals surface area contributed by atoms with Crippen LogP contribution in [-0.2, 0) is 23.9 Å². The third kappa shape index (κ3) is 3.64. The Bertz CT molecular complexity index is 502. The van der Waals surface area contributed by atoms with Crippen molar-refractivity contribution in [1.82, 2.24) is 10.6 Å². The minimum Gasteiger partial charge on any atom is -0.352 e. The summed E-state index contributed by atoms with van der Waals surface area (Å²) in [5, 5.41) is 6.26. The maximum Gasteiger partial charge on any atom is 0.251 e. The summed E-state index contributed by atoms with van der Waals surface area (Å²) in [6.07, 6.45) is 2.43. The van der Waals surface area contributed by atoms with Crippen molar-refractivity contribution in [3.05, 3.63) is 34.9 Å². The molecule has 4 nitrogen and oxygen atoms in total. The molecule has 0 aromatic heterocycles. The Morgan fingerprint density at radius 2 is 2.16 bits per heavy atom. The van der Waals surface area contributed by atoms with Crippen molar-refractivity contribution >= 4 is 16.7 Å². The zero-order valence-corrected chi connectivity index (χ0v) is 12.2. The molecule has 0 bridgehead atoms. The molecule has 0 aliphatic carbocycles. The van der Waals surface area contributed by atoms with Gasteiger partial charge in [0.15, 0.2) is 0 Å². The van der Waals surface area contributed by atoms with Gasteiger partial charge in [0.2, 0.25) is 0 Å². The van der Waals surface area contributed by atoms with Gasteiger partial charge in [-0.3, -0.25) is 9.00 Å². The first-order chi connectivity index (χ1) is 9.08. The third-order valence-corrected chi connectivity index (χ3v) is 4.87. The molecule has 0 saturated carbocycles. The lowest BCUT2D eigenvalue weighted by Crippen LogP contribution is -2.27. The molecule has 5 heteroatoms. The van der Waals surface area contributed by atoms with E-state index in [0.29, 0.717) is 12.1 Å². The van der Waals surface area contributed by atoms with Crippen LogP contribution in [0.25, 0.3) is 0 Å². The van der Waals surface area contributed by atoms with Crippen LogP contribution in [0.1, 0.15) is 34.8 Å². The highest BCUT2D eigenvalue weighted by Gasteiger charge is 2.13. The van der Waals surface area contributed by atoms with Crippen LogP contribution >= 0.6 is 0 Å². The van der Waals surface area contributed by atoms with E-state index >= 15 is 0 Å². The van der Waals surface area contributed by atoms with Gasteiger partial charge in [0.1, 0.15) is 0 Å². The van der Waals surface area contributed by atoms with Gasteiger partial charge >= 0.3 is 0 Å². The Morgan fingerprint density at radius 1 is 1.42 bits per heavy atom. The van der Waals surface area contributed by atoms with Gasteiger partial charge in [0.05, 0.1) is 0 Å². The van der Waals surface area contributed by atoms with Gasteiger partial charge in [0.25, 0.3) is 5.91 Å². The molecule has 1 amide bonds. The van der Waals surface area contributed by atoms with Gasteiger partial charge in [-0.2, -0.15) is 0 Å². The minimum atomic E-state index is -0.829. The third-order valence-electron chi connectivity index (χ3n) is 3.50. The Hall–Kier alpha value is -1.20. The first kappa shape index (κ1) is 14.2. The molecule has 1 aliphatic rings. The lowest BCUT2D eigenvalue weighted by atomic mass is 10.1. The number of hydrogen-bond acceptors (Lipinski definition) is 3. The highest BCUT2D eigenvalue weighted by molar-refractivity contribution is 7.84. The fraction of sp³-hybridized carbons (Fsp3) is 0.500. The second-order valence-electron chi connectivity index (χ2n) is 4.94. The van der Waals surface area contributed by atoms with Crippen molar-refractivity contribution in [3.8, 4) is 0 Å². The standard InChI is InChI=1S/C14H20N2O2S/c1-10(19(2)18)5-6-16-14(17)11-3-4-12-8-15-9-13(12)7-11/h3-4,7,10,15H,5-6,8-9H2,1-2H3,(H,16,17). The Morgan fingerprint density at radius 3 is 2.89 bits per heavy atom. The molecule has 2 N–H and O–H groups in total. The molecule has 2 unspecified atom stereocenters. The Labute approximate surface area is 116 Å². The van der Waals surface area contributed by atoms with Crippen molar-refractivity contribution < 1.29 is 9.00 Å². The van der Waals surface area contributed by atoms with Gasteiger partial charge in [0, 0.05) is 47.5 Å². The molecule has 0 saturated heterocycles. The van der Waals surface area contributed by atoms with Crippen molar-refractivity contribution in [3.63, 3.8) is 0 Å². The number of amides is 1. The molecule has 1 aromatic rings. The summed E-state index contributed by atoms with van der Waals surface area (Å²) < 4.78 is 11.2. The number of hydrogen-bond donors (Lipinski definition) is 2. The van der Waals surface area contributed by atoms with Gasteiger partial charge in [-0.1, -0.05) is 13.0 Å². The average molecular weight is 280 g/mol. The molecule has 0 fully saturated rings. The van der Waals surface area contributed by atoms with Crippen molar-refractivity contribution in [2.75, 3.05) is 12.8 Å². The SMILES string of the molecule is CC(CCNC(=O)c1ccc2c(c1)CNC2)S(C)=O. The molecule has 1 aromatic carbocycles. The Kier molecular flexibility index (Phi) is 4.71. The van der Waals surface area contributed by atoms with E-state index < -0.39 is 10.8 Å². The normalized spacial score (nSPS) is 16.7. The summed E-state index contributed by atoms with van der Waals surface area (Å²) in [4.78, 5) is 12.0. The van der Waals surface area contributed by atoms with Crippen molar-refractivity contribution in [2.24, 2.45) is 0 Å². The smallest absolute Gasteiger partial charge is 0.251 e. The quantitative estimate of drug-likeness (QED) is 0.851. The molecule has 19 heavy (non-hydrogen) atoms. The van der Waals surface area contributed by atoms with Crippen LogP contribution < -0.4 is 10.6 Å². The van der Waals surface area contributed by atoms with Crippen LogP contribution in [0.15, 0.2) is 18.2 Å². The van der Waals surface area contributed by atoms with Gasteiger partial charge in [-0.05, 0) is 29.7 Å². The fourth-order valence-electron chi connectivity index (χ4n) is 2.09. The zero-order valence-electron chi connectivity index (χ0n) is 11.4. The van der Waals surface area contributed by atoms with Crippen LogP contribution in [0.2, 0.25) is 0 Å². The van der Waals surface area contributed by atoms with E-state index in [1.54, 1.807) is 6.26 Å². The number of carbonyl (C=O) groups is 1. The van der Waals surface area contributed by atoms with E-state index in [0.717, 1.165) is 19.5 Å². The van der Waals surface area contributed by atoms with E-state index in [2.05, 4.69) is 10.6 Å². The van der Waals surface area contributed by atoms with Crippen LogP contribution in [0.3, 0.4) is 0 Å². The van der Waals surface area contributed by atoms with Crippen LogP contribution in [0.4, 0.5) is 0 Å². The van der Waals surface area contributed by atoms with E-state index in [4.69, 9.17) is 0 Å². The summed E-state index contributed by atoms with van der Waals surface area (Å²) in [6, 6.07) is 5.82. The molecule has 2 rings (SSSR count). The number of benzene rings is 1. The Balaban J connectivity index is 1.88. The summed E-state index contributed by atoms with van der Waals surface area (Å²) in [6.45, 7) is 4.22. The second-order valence-corrected chi connectivity index (χ2v) is 6.74. The summed E-state index contributed by atoms with van der Waals surface area (Å²) in [5.74, 6) is -0.0521. The topological polar surface area (TPSA) is 58.2 Å². The number of rotatable bonds is 5. The monoisotopic (exact) mass is 280 g/mol. The van der Waals surface area contributed by atoms with Gasteiger partial charge in [-0.25, -0.2) is 0 Å². The summed E-state index contributed by atoms with van der Waals surface area (Å²) >= 11 is 0. The molecule has 2 atom stereocenters. The van der Waals surface area contributed by atoms with Crippen LogP contribution in [0, 0.1) is 0 Å². The van der Waals surface area contributed by atoms with E-state index in [9.17, 15) is 9.00 Å². The highest BCUT2D eigenvalue weighted by Crippen LogP contribution is 2.16. The fourth-order valence-corrected chi connectivity index (χ4v) is 2.54. The molecule has 104 valence electrons. The predicted octanol–water partition coefficient (Wildman–Crippen LogP) is 1.18. The maximum absolute atomic E-state index is 12.0.